The monoisotopic (exact) mass is 410 g/mol. The summed E-state index contributed by atoms with van der Waals surface area (Å²) in [5.74, 6) is 2.07. The molecule has 0 bridgehead atoms. The Morgan fingerprint density at radius 2 is 2.07 bits per heavy atom. The minimum Gasteiger partial charge on any atom is -0.342 e. The first kappa shape index (κ1) is 20.1. The van der Waals surface area contributed by atoms with Crippen LogP contribution >= 0.6 is 24.0 Å². The Kier molecular flexibility index (Phi) is 6.40. The molecule has 2 aliphatic rings. The predicted molar refractivity (Wildman–Crippen MR) is 106 cm³/mol. The molecule has 2 fully saturated rings. The van der Waals surface area contributed by atoms with Crippen molar-refractivity contribution in [2.45, 2.75) is 25.7 Å². The number of halogens is 2. The van der Waals surface area contributed by atoms with Crippen molar-refractivity contribution in [3.05, 3.63) is 35.2 Å². The van der Waals surface area contributed by atoms with Crippen molar-refractivity contribution < 1.29 is 9.32 Å². The standard InChI is InChI=1S/C19H23ClN4O2.ClH/c1-12(15-9-21-10-15)19(25)24-8-2-3-14(11-24)18-22-17(23-26-18)13-4-6-16(20)7-5-13;/h4-7,12,14-15,21H,2-3,8-11H2,1H3;1H. The number of carbonyl (C=O) groups excluding carboxylic acids is 1. The maximum absolute atomic E-state index is 12.8. The van der Waals surface area contributed by atoms with E-state index in [-0.39, 0.29) is 30.2 Å². The molecule has 8 heteroatoms. The summed E-state index contributed by atoms with van der Waals surface area (Å²) in [4.78, 5) is 19.3. The third-order valence-corrected chi connectivity index (χ3v) is 5.79. The van der Waals surface area contributed by atoms with Gasteiger partial charge >= 0.3 is 0 Å². The molecular weight excluding hydrogens is 387 g/mol. The van der Waals surface area contributed by atoms with E-state index in [0.717, 1.165) is 38.0 Å². The predicted octanol–water partition coefficient (Wildman–Crippen LogP) is 3.37. The number of nitrogens with zero attached hydrogens (tertiary/aromatic N) is 3. The number of benzene rings is 1. The van der Waals surface area contributed by atoms with E-state index in [4.69, 9.17) is 16.1 Å². The minimum atomic E-state index is 0. The van der Waals surface area contributed by atoms with Gasteiger partial charge in [-0.3, -0.25) is 4.79 Å². The van der Waals surface area contributed by atoms with Gasteiger partial charge in [0.25, 0.3) is 0 Å². The summed E-state index contributed by atoms with van der Waals surface area (Å²) in [6.45, 7) is 5.41. The number of aromatic nitrogens is 2. The number of likely N-dealkylation sites (tertiary alicyclic amines) is 1. The number of amides is 1. The molecule has 0 aliphatic carbocycles. The van der Waals surface area contributed by atoms with Crippen LogP contribution in [0.4, 0.5) is 0 Å². The van der Waals surface area contributed by atoms with E-state index in [2.05, 4.69) is 15.5 Å². The first-order valence-corrected chi connectivity index (χ1v) is 9.58. The second kappa shape index (κ2) is 8.59. The third-order valence-electron chi connectivity index (χ3n) is 5.54. The Hall–Kier alpha value is -1.63. The molecule has 2 atom stereocenters. The average Bonchev–Trinajstić information content (AvgIpc) is 3.10. The van der Waals surface area contributed by atoms with E-state index in [9.17, 15) is 4.79 Å². The molecule has 3 heterocycles. The maximum Gasteiger partial charge on any atom is 0.231 e. The zero-order valence-corrected chi connectivity index (χ0v) is 16.8. The lowest BCUT2D eigenvalue weighted by atomic mass is 9.87. The van der Waals surface area contributed by atoms with Crippen LogP contribution in [0, 0.1) is 11.8 Å². The Bertz CT molecular complexity index is 776. The second-order valence-corrected chi connectivity index (χ2v) is 7.73. The van der Waals surface area contributed by atoms with Crippen molar-refractivity contribution in [2.24, 2.45) is 11.8 Å². The van der Waals surface area contributed by atoms with Crippen LogP contribution in [0.1, 0.15) is 31.6 Å². The first-order valence-electron chi connectivity index (χ1n) is 9.21. The van der Waals surface area contributed by atoms with Gasteiger partial charge in [-0.1, -0.05) is 23.7 Å². The van der Waals surface area contributed by atoms with Gasteiger partial charge in [0.1, 0.15) is 0 Å². The Balaban J connectivity index is 0.00000210. The fourth-order valence-electron chi connectivity index (χ4n) is 3.65. The zero-order valence-electron chi connectivity index (χ0n) is 15.2. The largest absolute Gasteiger partial charge is 0.342 e. The summed E-state index contributed by atoms with van der Waals surface area (Å²) in [7, 11) is 0. The number of hydrogen-bond donors (Lipinski definition) is 1. The average molecular weight is 411 g/mol. The first-order chi connectivity index (χ1) is 12.6. The van der Waals surface area contributed by atoms with Gasteiger partial charge in [0.05, 0.1) is 5.92 Å². The topological polar surface area (TPSA) is 71.3 Å². The molecule has 2 unspecified atom stereocenters. The highest BCUT2D eigenvalue weighted by atomic mass is 35.5. The number of rotatable bonds is 4. The highest BCUT2D eigenvalue weighted by molar-refractivity contribution is 6.30. The van der Waals surface area contributed by atoms with Crippen molar-refractivity contribution in [3.63, 3.8) is 0 Å². The van der Waals surface area contributed by atoms with Crippen LogP contribution in [-0.2, 0) is 4.79 Å². The fraction of sp³-hybridized carbons (Fsp3) is 0.526. The maximum atomic E-state index is 12.8. The van der Waals surface area contributed by atoms with Gasteiger partial charge in [-0.2, -0.15) is 4.98 Å². The van der Waals surface area contributed by atoms with Gasteiger partial charge in [0.2, 0.25) is 17.6 Å². The number of nitrogens with one attached hydrogen (secondary N) is 1. The number of piperidine rings is 1. The molecule has 1 amide bonds. The Morgan fingerprint density at radius 1 is 1.33 bits per heavy atom. The molecule has 2 saturated heterocycles. The Morgan fingerprint density at radius 3 is 2.74 bits per heavy atom. The molecule has 1 N–H and O–H groups in total. The van der Waals surface area contributed by atoms with E-state index in [1.54, 1.807) is 0 Å². The second-order valence-electron chi connectivity index (χ2n) is 7.29. The van der Waals surface area contributed by atoms with Gasteiger partial charge in [0.15, 0.2) is 0 Å². The van der Waals surface area contributed by atoms with Crippen molar-refractivity contribution in [1.82, 2.24) is 20.4 Å². The van der Waals surface area contributed by atoms with Crippen molar-refractivity contribution >= 4 is 29.9 Å². The Labute approximate surface area is 170 Å². The van der Waals surface area contributed by atoms with Crippen LogP contribution in [0.3, 0.4) is 0 Å². The molecule has 27 heavy (non-hydrogen) atoms. The molecule has 2 aromatic rings. The number of carbonyl (C=O) groups is 1. The van der Waals surface area contributed by atoms with Crippen LogP contribution in [-0.4, -0.2) is 47.1 Å². The van der Waals surface area contributed by atoms with Crippen molar-refractivity contribution in [2.75, 3.05) is 26.2 Å². The smallest absolute Gasteiger partial charge is 0.231 e. The number of hydrogen-bond acceptors (Lipinski definition) is 5. The van der Waals surface area contributed by atoms with Gasteiger partial charge < -0.3 is 14.7 Å². The van der Waals surface area contributed by atoms with Crippen LogP contribution in [0.15, 0.2) is 28.8 Å². The molecule has 4 rings (SSSR count). The van der Waals surface area contributed by atoms with Crippen LogP contribution in [0.25, 0.3) is 11.4 Å². The van der Waals surface area contributed by atoms with Gasteiger partial charge in [-0.15, -0.1) is 12.4 Å². The van der Waals surface area contributed by atoms with E-state index < -0.39 is 0 Å². The van der Waals surface area contributed by atoms with Gasteiger partial charge in [-0.05, 0) is 56.1 Å². The summed E-state index contributed by atoms with van der Waals surface area (Å²) in [6, 6.07) is 7.37. The molecule has 1 aromatic heterocycles. The quantitative estimate of drug-likeness (QED) is 0.836. The minimum absolute atomic E-state index is 0. The van der Waals surface area contributed by atoms with E-state index in [1.165, 1.54) is 0 Å². The molecule has 6 nitrogen and oxygen atoms in total. The van der Waals surface area contributed by atoms with Gasteiger partial charge in [0, 0.05) is 29.6 Å². The SMILES string of the molecule is CC(C(=O)N1CCCC(c2nc(-c3ccc(Cl)cc3)no2)C1)C1CNC1.Cl. The molecule has 0 saturated carbocycles. The molecule has 0 spiro atoms. The molecule has 0 radical (unpaired) electrons. The molecular formula is C19H24Cl2N4O2. The lowest BCUT2D eigenvalue weighted by Crippen LogP contribution is -2.51. The zero-order chi connectivity index (χ0) is 18.1. The van der Waals surface area contributed by atoms with Gasteiger partial charge in [-0.25, -0.2) is 0 Å². The van der Waals surface area contributed by atoms with Crippen LogP contribution in [0.2, 0.25) is 5.02 Å². The lowest BCUT2D eigenvalue weighted by Gasteiger charge is -2.37. The highest BCUT2D eigenvalue weighted by Gasteiger charge is 2.35. The molecule has 2 aliphatic heterocycles. The summed E-state index contributed by atoms with van der Waals surface area (Å²) in [6.07, 6.45) is 1.93. The summed E-state index contributed by atoms with van der Waals surface area (Å²) >= 11 is 5.93. The molecule has 146 valence electrons. The third kappa shape index (κ3) is 4.28. The van der Waals surface area contributed by atoms with E-state index in [1.807, 2.05) is 36.1 Å². The lowest BCUT2D eigenvalue weighted by molar-refractivity contribution is -0.138. The van der Waals surface area contributed by atoms with Crippen LogP contribution < -0.4 is 5.32 Å². The molecule has 1 aromatic carbocycles. The highest BCUT2D eigenvalue weighted by Crippen LogP contribution is 2.29. The normalized spacial score (nSPS) is 21.3. The fourth-order valence-corrected chi connectivity index (χ4v) is 3.78. The van der Waals surface area contributed by atoms with Crippen LogP contribution in [0.5, 0.6) is 0 Å². The summed E-state index contributed by atoms with van der Waals surface area (Å²) < 4.78 is 5.52. The van der Waals surface area contributed by atoms with E-state index in [0.29, 0.717) is 29.2 Å². The van der Waals surface area contributed by atoms with E-state index >= 15 is 0 Å². The summed E-state index contributed by atoms with van der Waals surface area (Å²) in [5.41, 5.74) is 0.874. The summed E-state index contributed by atoms with van der Waals surface area (Å²) in [5, 5.41) is 8.03. The van der Waals surface area contributed by atoms with Crippen molar-refractivity contribution in [3.8, 4) is 11.4 Å². The van der Waals surface area contributed by atoms with Crippen molar-refractivity contribution in [1.29, 1.82) is 0 Å².